The molecule has 0 saturated carbocycles. The molecule has 1 heterocycles. The van der Waals surface area contributed by atoms with E-state index in [2.05, 4.69) is 24.2 Å². The molecule has 3 nitrogen and oxygen atoms in total. The van der Waals surface area contributed by atoms with E-state index < -0.39 is 0 Å². The maximum atomic E-state index is 5.26. The quantitative estimate of drug-likeness (QED) is 0.485. The average molecular weight is 171 g/mol. The molecule has 0 bridgehead atoms. The zero-order valence-electron chi connectivity index (χ0n) is 8.21. The molecule has 0 radical (unpaired) electrons. The Labute approximate surface area is 75.3 Å². The standard InChI is InChI=1S/C9H21N3/c1-8-4-3-5-9(2)12(8)7-6-11-10/h8-9,11H,3-7,10H2,1-2H3. The normalized spacial score (nSPS) is 32.2. The van der Waals surface area contributed by atoms with E-state index in [-0.39, 0.29) is 0 Å². The van der Waals surface area contributed by atoms with Crippen LogP contribution < -0.4 is 11.3 Å². The summed E-state index contributed by atoms with van der Waals surface area (Å²) in [5.74, 6) is 5.26. The van der Waals surface area contributed by atoms with Gasteiger partial charge in [0.2, 0.25) is 0 Å². The Morgan fingerprint density at radius 1 is 1.33 bits per heavy atom. The molecule has 2 atom stereocenters. The molecule has 3 N–H and O–H groups in total. The lowest BCUT2D eigenvalue weighted by Gasteiger charge is -2.38. The van der Waals surface area contributed by atoms with E-state index in [1.54, 1.807) is 0 Å². The second-order valence-corrected chi connectivity index (χ2v) is 3.82. The van der Waals surface area contributed by atoms with Crippen LogP contribution in [0.2, 0.25) is 0 Å². The molecule has 0 aromatic carbocycles. The largest absolute Gasteiger partial charge is 0.297 e. The molecule has 12 heavy (non-hydrogen) atoms. The summed E-state index contributed by atoms with van der Waals surface area (Å²) >= 11 is 0. The third-order valence-electron chi connectivity index (χ3n) is 2.89. The first-order chi connectivity index (χ1) is 5.75. The van der Waals surface area contributed by atoms with Gasteiger partial charge in [0.25, 0.3) is 0 Å². The molecule has 0 aromatic rings. The van der Waals surface area contributed by atoms with Crippen LogP contribution in [-0.4, -0.2) is 30.1 Å². The number of hydrogen-bond donors (Lipinski definition) is 2. The Bertz CT molecular complexity index is 117. The lowest BCUT2D eigenvalue weighted by atomic mass is 9.98. The van der Waals surface area contributed by atoms with Crippen molar-refractivity contribution in [3.05, 3.63) is 0 Å². The van der Waals surface area contributed by atoms with E-state index in [9.17, 15) is 0 Å². The molecule has 2 unspecified atom stereocenters. The predicted molar refractivity (Wildman–Crippen MR) is 51.7 cm³/mol. The van der Waals surface area contributed by atoms with Gasteiger partial charge >= 0.3 is 0 Å². The van der Waals surface area contributed by atoms with Crippen molar-refractivity contribution < 1.29 is 0 Å². The third-order valence-corrected chi connectivity index (χ3v) is 2.89. The Hall–Kier alpha value is -0.120. The first-order valence-corrected chi connectivity index (χ1v) is 4.95. The first-order valence-electron chi connectivity index (χ1n) is 4.95. The molecule has 72 valence electrons. The van der Waals surface area contributed by atoms with Crippen molar-refractivity contribution >= 4 is 0 Å². The second kappa shape index (κ2) is 4.80. The van der Waals surface area contributed by atoms with Crippen molar-refractivity contribution in [1.29, 1.82) is 0 Å². The van der Waals surface area contributed by atoms with E-state index in [0.717, 1.165) is 25.2 Å². The van der Waals surface area contributed by atoms with Crippen LogP contribution in [0.5, 0.6) is 0 Å². The Kier molecular flexibility index (Phi) is 3.98. The highest BCUT2D eigenvalue weighted by Gasteiger charge is 2.23. The summed E-state index contributed by atoms with van der Waals surface area (Å²) in [6.07, 6.45) is 4.07. The molecule has 0 aliphatic carbocycles. The van der Waals surface area contributed by atoms with Crippen LogP contribution in [0.3, 0.4) is 0 Å². The number of hydrogen-bond acceptors (Lipinski definition) is 3. The van der Waals surface area contributed by atoms with Crippen LogP contribution >= 0.6 is 0 Å². The van der Waals surface area contributed by atoms with E-state index in [4.69, 9.17) is 5.84 Å². The van der Waals surface area contributed by atoms with Gasteiger partial charge in [-0.25, -0.2) is 0 Å². The minimum Gasteiger partial charge on any atom is -0.297 e. The lowest BCUT2D eigenvalue weighted by Crippen LogP contribution is -2.47. The molecular formula is C9H21N3. The van der Waals surface area contributed by atoms with Crippen molar-refractivity contribution in [2.45, 2.75) is 45.2 Å². The summed E-state index contributed by atoms with van der Waals surface area (Å²) in [7, 11) is 0. The zero-order chi connectivity index (χ0) is 8.97. The fraction of sp³-hybridized carbons (Fsp3) is 1.00. The van der Waals surface area contributed by atoms with E-state index in [0.29, 0.717) is 0 Å². The highest BCUT2D eigenvalue weighted by molar-refractivity contribution is 4.79. The van der Waals surface area contributed by atoms with Crippen LogP contribution in [0.1, 0.15) is 33.1 Å². The third kappa shape index (κ3) is 2.44. The summed E-state index contributed by atoms with van der Waals surface area (Å²) < 4.78 is 0. The Balaban J connectivity index is 2.34. The fourth-order valence-electron chi connectivity index (χ4n) is 2.11. The molecule has 1 rings (SSSR count). The molecule has 3 heteroatoms. The zero-order valence-corrected chi connectivity index (χ0v) is 8.21. The van der Waals surface area contributed by atoms with Gasteiger partial charge in [-0.15, -0.1) is 0 Å². The van der Waals surface area contributed by atoms with Crippen LogP contribution in [0.4, 0.5) is 0 Å². The highest BCUT2D eigenvalue weighted by Crippen LogP contribution is 2.21. The number of nitrogens with one attached hydrogen (secondary N) is 1. The van der Waals surface area contributed by atoms with E-state index >= 15 is 0 Å². The van der Waals surface area contributed by atoms with Crippen molar-refractivity contribution in [3.63, 3.8) is 0 Å². The highest BCUT2D eigenvalue weighted by atomic mass is 15.3. The molecule has 1 aliphatic heterocycles. The lowest BCUT2D eigenvalue weighted by molar-refractivity contribution is 0.105. The number of nitrogens with zero attached hydrogens (tertiary/aromatic N) is 1. The molecular weight excluding hydrogens is 150 g/mol. The maximum Gasteiger partial charge on any atom is 0.0225 e. The summed E-state index contributed by atoms with van der Waals surface area (Å²) in [5, 5.41) is 0. The minimum absolute atomic E-state index is 0.738. The van der Waals surface area contributed by atoms with Crippen molar-refractivity contribution in [1.82, 2.24) is 10.3 Å². The predicted octanol–water partition coefficient (Wildman–Crippen LogP) is 0.713. The summed E-state index contributed by atoms with van der Waals surface area (Å²) in [6, 6.07) is 1.48. The minimum atomic E-state index is 0.738. The van der Waals surface area contributed by atoms with Gasteiger partial charge in [0.05, 0.1) is 0 Å². The van der Waals surface area contributed by atoms with Gasteiger partial charge in [-0.1, -0.05) is 6.42 Å². The van der Waals surface area contributed by atoms with Crippen LogP contribution in [0.15, 0.2) is 0 Å². The van der Waals surface area contributed by atoms with Gasteiger partial charge in [-0.05, 0) is 26.7 Å². The van der Waals surface area contributed by atoms with E-state index in [1.807, 2.05) is 0 Å². The van der Waals surface area contributed by atoms with Gasteiger partial charge < -0.3 is 0 Å². The van der Waals surface area contributed by atoms with Gasteiger partial charge in [-0.2, -0.15) is 0 Å². The van der Waals surface area contributed by atoms with Crippen molar-refractivity contribution in [3.8, 4) is 0 Å². The average Bonchev–Trinajstić information content (AvgIpc) is 2.04. The Morgan fingerprint density at radius 3 is 2.42 bits per heavy atom. The molecule has 0 spiro atoms. The van der Waals surface area contributed by atoms with Gasteiger partial charge in [0.1, 0.15) is 0 Å². The number of rotatable bonds is 3. The second-order valence-electron chi connectivity index (χ2n) is 3.82. The van der Waals surface area contributed by atoms with Crippen LogP contribution in [0.25, 0.3) is 0 Å². The number of hydrazine groups is 1. The smallest absolute Gasteiger partial charge is 0.0225 e. The molecule has 1 saturated heterocycles. The molecule has 0 aromatic heterocycles. The topological polar surface area (TPSA) is 41.3 Å². The number of piperidine rings is 1. The van der Waals surface area contributed by atoms with Crippen LogP contribution in [0, 0.1) is 0 Å². The maximum absolute atomic E-state index is 5.26. The van der Waals surface area contributed by atoms with Crippen molar-refractivity contribution in [2.75, 3.05) is 13.1 Å². The fourth-order valence-corrected chi connectivity index (χ4v) is 2.11. The Morgan fingerprint density at radius 2 is 1.92 bits per heavy atom. The summed E-state index contributed by atoms with van der Waals surface area (Å²) in [4.78, 5) is 2.54. The number of nitrogens with two attached hydrogens (primary N) is 1. The monoisotopic (exact) mass is 171 g/mol. The molecule has 1 fully saturated rings. The molecule has 0 amide bonds. The number of likely N-dealkylation sites (tertiary alicyclic amines) is 1. The molecule has 1 aliphatic rings. The van der Waals surface area contributed by atoms with E-state index in [1.165, 1.54) is 19.3 Å². The van der Waals surface area contributed by atoms with Gasteiger partial charge in [-0.3, -0.25) is 16.2 Å². The van der Waals surface area contributed by atoms with Gasteiger partial charge in [0, 0.05) is 25.2 Å². The summed E-state index contributed by atoms with van der Waals surface area (Å²) in [5.41, 5.74) is 2.71. The van der Waals surface area contributed by atoms with Gasteiger partial charge in [0.15, 0.2) is 0 Å². The van der Waals surface area contributed by atoms with Crippen molar-refractivity contribution in [2.24, 2.45) is 5.84 Å². The van der Waals surface area contributed by atoms with Crippen LogP contribution in [-0.2, 0) is 0 Å². The summed E-state index contributed by atoms with van der Waals surface area (Å²) in [6.45, 7) is 6.60. The first kappa shape index (κ1) is 9.96. The SMILES string of the molecule is CC1CCCC(C)N1CCNN.